The Morgan fingerprint density at radius 1 is 1.56 bits per heavy atom. The second kappa shape index (κ2) is 5.95. The Morgan fingerprint density at radius 3 is 2.94 bits per heavy atom. The number of aryl methyl sites for hydroxylation is 1. The Balaban J connectivity index is 2.10. The van der Waals surface area contributed by atoms with Crippen LogP contribution in [0.15, 0.2) is 0 Å². The van der Waals surface area contributed by atoms with Gasteiger partial charge in [-0.25, -0.2) is 4.98 Å². The molecule has 0 aromatic carbocycles. The summed E-state index contributed by atoms with van der Waals surface area (Å²) < 4.78 is 0. The average Bonchev–Trinajstić information content (AvgIpc) is 2.83. The summed E-state index contributed by atoms with van der Waals surface area (Å²) in [5.41, 5.74) is 0. The van der Waals surface area contributed by atoms with Gasteiger partial charge in [-0.3, -0.25) is 9.89 Å². The van der Waals surface area contributed by atoms with Crippen molar-refractivity contribution in [3.63, 3.8) is 0 Å². The van der Waals surface area contributed by atoms with Gasteiger partial charge < -0.3 is 10.2 Å². The molecule has 1 atom stereocenters. The molecule has 2 rings (SSSR count). The standard InChI is InChI=1S/C12H21N5O/c1-3-7-17(10-5-4-6-13-8-10)12(18)11-14-9(2)15-16-11/h10,13H,3-8H2,1-2H3,(H,14,15,16). The van der Waals surface area contributed by atoms with Crippen molar-refractivity contribution in [3.8, 4) is 0 Å². The third-order valence-corrected chi connectivity index (χ3v) is 3.23. The van der Waals surface area contributed by atoms with E-state index < -0.39 is 0 Å². The first-order chi connectivity index (χ1) is 8.72. The summed E-state index contributed by atoms with van der Waals surface area (Å²) in [4.78, 5) is 18.4. The van der Waals surface area contributed by atoms with Crippen LogP contribution in [0, 0.1) is 6.92 Å². The van der Waals surface area contributed by atoms with E-state index in [1.54, 1.807) is 6.92 Å². The van der Waals surface area contributed by atoms with Crippen LogP contribution in [0.1, 0.15) is 42.6 Å². The van der Waals surface area contributed by atoms with Crippen LogP contribution >= 0.6 is 0 Å². The highest BCUT2D eigenvalue weighted by molar-refractivity contribution is 5.90. The van der Waals surface area contributed by atoms with Gasteiger partial charge in [0.2, 0.25) is 5.82 Å². The fraction of sp³-hybridized carbons (Fsp3) is 0.750. The van der Waals surface area contributed by atoms with E-state index >= 15 is 0 Å². The van der Waals surface area contributed by atoms with Crippen molar-refractivity contribution in [2.75, 3.05) is 19.6 Å². The summed E-state index contributed by atoms with van der Waals surface area (Å²) in [6.07, 6.45) is 3.12. The van der Waals surface area contributed by atoms with Gasteiger partial charge in [0.1, 0.15) is 5.82 Å². The number of hydrogen-bond acceptors (Lipinski definition) is 4. The van der Waals surface area contributed by atoms with Crippen molar-refractivity contribution in [2.45, 2.75) is 39.2 Å². The number of nitrogens with one attached hydrogen (secondary N) is 2. The molecule has 18 heavy (non-hydrogen) atoms. The molecule has 1 saturated heterocycles. The average molecular weight is 251 g/mol. The number of piperidine rings is 1. The highest BCUT2D eigenvalue weighted by Gasteiger charge is 2.27. The molecule has 1 aliphatic heterocycles. The highest BCUT2D eigenvalue weighted by atomic mass is 16.2. The van der Waals surface area contributed by atoms with Crippen LogP contribution in [0.2, 0.25) is 0 Å². The molecule has 6 nitrogen and oxygen atoms in total. The molecular formula is C12H21N5O. The maximum absolute atomic E-state index is 12.4. The fourth-order valence-corrected chi connectivity index (χ4v) is 2.36. The third-order valence-electron chi connectivity index (χ3n) is 3.23. The van der Waals surface area contributed by atoms with Crippen molar-refractivity contribution in [2.24, 2.45) is 0 Å². The van der Waals surface area contributed by atoms with E-state index in [4.69, 9.17) is 0 Å². The summed E-state index contributed by atoms with van der Waals surface area (Å²) in [6.45, 7) is 6.56. The Labute approximate surface area is 107 Å². The topological polar surface area (TPSA) is 73.9 Å². The Morgan fingerprint density at radius 2 is 2.39 bits per heavy atom. The first kappa shape index (κ1) is 13.0. The van der Waals surface area contributed by atoms with Crippen LogP contribution in [0.4, 0.5) is 0 Å². The molecule has 0 bridgehead atoms. The highest BCUT2D eigenvalue weighted by Crippen LogP contribution is 2.13. The SMILES string of the molecule is CCCN(C(=O)c1n[nH]c(C)n1)C1CCCNC1. The summed E-state index contributed by atoms with van der Waals surface area (Å²) in [7, 11) is 0. The number of aromatic amines is 1. The van der Waals surface area contributed by atoms with Crippen LogP contribution in [-0.2, 0) is 0 Å². The molecule has 2 heterocycles. The van der Waals surface area contributed by atoms with Gasteiger partial charge in [-0.1, -0.05) is 6.92 Å². The maximum atomic E-state index is 12.4. The summed E-state index contributed by atoms with van der Waals surface area (Å²) >= 11 is 0. The predicted octanol–water partition coefficient (Wildman–Crippen LogP) is 0.717. The van der Waals surface area contributed by atoms with Crippen LogP contribution in [0.25, 0.3) is 0 Å². The quantitative estimate of drug-likeness (QED) is 0.827. The van der Waals surface area contributed by atoms with E-state index in [2.05, 4.69) is 27.4 Å². The lowest BCUT2D eigenvalue weighted by molar-refractivity contribution is 0.0636. The fourth-order valence-electron chi connectivity index (χ4n) is 2.36. The molecule has 1 unspecified atom stereocenters. The molecule has 1 fully saturated rings. The number of H-pyrrole nitrogens is 1. The predicted molar refractivity (Wildman–Crippen MR) is 68.3 cm³/mol. The minimum atomic E-state index is -0.0603. The van der Waals surface area contributed by atoms with E-state index in [0.29, 0.717) is 5.82 Å². The largest absolute Gasteiger partial charge is 0.332 e. The molecule has 1 aromatic heterocycles. The first-order valence-corrected chi connectivity index (χ1v) is 6.63. The van der Waals surface area contributed by atoms with Gasteiger partial charge in [-0.2, -0.15) is 0 Å². The number of amides is 1. The van der Waals surface area contributed by atoms with Gasteiger partial charge in [0.15, 0.2) is 0 Å². The van der Waals surface area contributed by atoms with Crippen molar-refractivity contribution in [1.29, 1.82) is 0 Å². The van der Waals surface area contributed by atoms with Gasteiger partial charge in [-0.05, 0) is 32.7 Å². The number of carbonyl (C=O) groups excluding carboxylic acids is 1. The minimum Gasteiger partial charge on any atom is -0.332 e. The number of carbonyl (C=O) groups is 1. The van der Waals surface area contributed by atoms with E-state index in [0.717, 1.165) is 38.9 Å². The minimum absolute atomic E-state index is 0.0603. The molecule has 1 aliphatic rings. The van der Waals surface area contributed by atoms with Gasteiger partial charge in [0.05, 0.1) is 0 Å². The number of hydrogen-bond donors (Lipinski definition) is 2. The molecule has 0 saturated carbocycles. The molecule has 1 aromatic rings. The Bertz CT molecular complexity index is 397. The van der Waals surface area contributed by atoms with E-state index in [-0.39, 0.29) is 17.8 Å². The molecule has 6 heteroatoms. The Kier molecular flexibility index (Phi) is 4.30. The lowest BCUT2D eigenvalue weighted by Gasteiger charge is -2.33. The zero-order valence-electron chi connectivity index (χ0n) is 11.1. The maximum Gasteiger partial charge on any atom is 0.293 e. The lowest BCUT2D eigenvalue weighted by atomic mass is 10.1. The van der Waals surface area contributed by atoms with Gasteiger partial charge >= 0.3 is 0 Å². The number of nitrogens with zero attached hydrogens (tertiary/aromatic N) is 3. The van der Waals surface area contributed by atoms with E-state index in [1.807, 2.05) is 4.90 Å². The first-order valence-electron chi connectivity index (χ1n) is 6.63. The summed E-state index contributed by atoms with van der Waals surface area (Å²) in [5, 5.41) is 10.0. The lowest BCUT2D eigenvalue weighted by Crippen LogP contribution is -2.49. The van der Waals surface area contributed by atoms with Crippen LogP contribution in [0.3, 0.4) is 0 Å². The van der Waals surface area contributed by atoms with Crippen molar-refractivity contribution < 1.29 is 4.79 Å². The van der Waals surface area contributed by atoms with Gasteiger partial charge in [-0.15, -0.1) is 5.10 Å². The second-order valence-corrected chi connectivity index (χ2v) is 4.74. The van der Waals surface area contributed by atoms with Gasteiger partial charge in [0, 0.05) is 19.1 Å². The molecule has 100 valence electrons. The molecular weight excluding hydrogens is 230 g/mol. The van der Waals surface area contributed by atoms with Crippen molar-refractivity contribution in [1.82, 2.24) is 25.4 Å². The van der Waals surface area contributed by atoms with Gasteiger partial charge in [0.25, 0.3) is 5.91 Å². The summed E-state index contributed by atoms with van der Waals surface area (Å²) in [6, 6.07) is 0.269. The molecule has 0 radical (unpaired) electrons. The molecule has 2 N–H and O–H groups in total. The number of rotatable bonds is 4. The molecule has 1 amide bonds. The zero-order chi connectivity index (χ0) is 13.0. The zero-order valence-corrected chi connectivity index (χ0v) is 11.1. The summed E-state index contributed by atoms with van der Waals surface area (Å²) in [5.74, 6) is 0.901. The van der Waals surface area contributed by atoms with E-state index in [9.17, 15) is 4.79 Å². The van der Waals surface area contributed by atoms with Crippen molar-refractivity contribution >= 4 is 5.91 Å². The third kappa shape index (κ3) is 2.87. The van der Waals surface area contributed by atoms with Crippen molar-refractivity contribution in [3.05, 3.63) is 11.6 Å². The normalized spacial score (nSPS) is 19.8. The van der Waals surface area contributed by atoms with Crippen LogP contribution < -0.4 is 5.32 Å². The van der Waals surface area contributed by atoms with E-state index in [1.165, 1.54) is 0 Å². The number of aromatic nitrogens is 3. The Hall–Kier alpha value is -1.43. The monoisotopic (exact) mass is 251 g/mol. The van der Waals surface area contributed by atoms with Crippen LogP contribution in [-0.4, -0.2) is 51.7 Å². The smallest absolute Gasteiger partial charge is 0.293 e. The molecule has 0 aliphatic carbocycles. The molecule has 0 spiro atoms. The van der Waals surface area contributed by atoms with Crippen LogP contribution in [0.5, 0.6) is 0 Å². The second-order valence-electron chi connectivity index (χ2n) is 4.74.